The highest BCUT2D eigenvalue weighted by Crippen LogP contribution is 2.34. The van der Waals surface area contributed by atoms with E-state index in [1.165, 1.54) is 12.8 Å². The Morgan fingerprint density at radius 3 is 2.73 bits per heavy atom. The van der Waals surface area contributed by atoms with Gasteiger partial charge in [0.2, 0.25) is 5.88 Å². The van der Waals surface area contributed by atoms with Crippen LogP contribution in [0.15, 0.2) is 12.1 Å². The lowest BCUT2D eigenvalue weighted by Crippen LogP contribution is -2.52. The van der Waals surface area contributed by atoms with Gasteiger partial charge in [-0.25, -0.2) is 9.37 Å². The Morgan fingerprint density at radius 1 is 1.33 bits per heavy atom. The number of anilines is 1. The van der Waals surface area contributed by atoms with Crippen LogP contribution in [0.25, 0.3) is 0 Å². The summed E-state index contributed by atoms with van der Waals surface area (Å²) in [6.45, 7) is 6.12. The summed E-state index contributed by atoms with van der Waals surface area (Å²) >= 11 is 0. The van der Waals surface area contributed by atoms with Crippen LogP contribution in [-0.4, -0.2) is 69.7 Å². The number of hydrogen-bond donors (Lipinski definition) is 1. The van der Waals surface area contributed by atoms with Gasteiger partial charge in [-0.05, 0) is 43.2 Å². The maximum absolute atomic E-state index is 12.8. The third-order valence-electron chi connectivity index (χ3n) is 5.38. The molecule has 1 aliphatic carbocycles. The number of pyridine rings is 1. The molecule has 0 unspecified atom stereocenters. The van der Waals surface area contributed by atoms with Crippen LogP contribution >= 0.6 is 0 Å². The van der Waals surface area contributed by atoms with Gasteiger partial charge >= 0.3 is 0 Å². The minimum Gasteiger partial charge on any atom is -0.476 e. The Kier molecular flexibility index (Phi) is 8.27. The maximum Gasteiger partial charge on any atom is 0.270 e. The number of rotatable bonds is 13. The number of nitrogens with zero attached hydrogens (tertiary/aromatic N) is 2. The average molecular weight is 424 g/mol. The van der Waals surface area contributed by atoms with E-state index in [0.29, 0.717) is 30.0 Å². The molecule has 2 heterocycles. The van der Waals surface area contributed by atoms with Crippen LogP contribution < -0.4 is 15.0 Å². The summed E-state index contributed by atoms with van der Waals surface area (Å²) in [5, 5.41) is 2.98. The van der Waals surface area contributed by atoms with E-state index >= 15 is 0 Å². The zero-order valence-corrected chi connectivity index (χ0v) is 18.2. The predicted molar refractivity (Wildman–Crippen MR) is 113 cm³/mol. The summed E-state index contributed by atoms with van der Waals surface area (Å²) in [5.41, 5.74) is 1.21. The molecule has 1 saturated carbocycles. The van der Waals surface area contributed by atoms with Crippen LogP contribution in [0.5, 0.6) is 5.88 Å². The van der Waals surface area contributed by atoms with Crippen LogP contribution in [0.1, 0.15) is 43.6 Å². The topological polar surface area (TPSA) is 72.9 Å². The van der Waals surface area contributed by atoms with E-state index in [-0.39, 0.29) is 31.3 Å². The second-order valence-corrected chi connectivity index (χ2v) is 8.60. The summed E-state index contributed by atoms with van der Waals surface area (Å²) in [6.07, 6.45) is 3.32. The third-order valence-corrected chi connectivity index (χ3v) is 5.38. The van der Waals surface area contributed by atoms with E-state index < -0.39 is 6.67 Å². The SMILES string of the molecule is COC1CN(c2ccc(C(=O)N[C@H](COCCF)CC(C)C)nc2OCC2CC2)C1. The molecule has 2 aliphatic rings. The highest BCUT2D eigenvalue weighted by Gasteiger charge is 2.31. The number of carbonyl (C=O) groups excluding carboxylic acids is 1. The normalized spacial score (nSPS) is 17.7. The molecule has 30 heavy (non-hydrogen) atoms. The number of methoxy groups -OCH3 is 1. The summed E-state index contributed by atoms with van der Waals surface area (Å²) in [6, 6.07) is 3.43. The number of aromatic nitrogens is 1. The van der Waals surface area contributed by atoms with Gasteiger partial charge in [-0.1, -0.05) is 13.8 Å². The molecule has 1 atom stereocenters. The van der Waals surface area contributed by atoms with Crippen molar-refractivity contribution in [1.29, 1.82) is 0 Å². The molecule has 1 aliphatic heterocycles. The summed E-state index contributed by atoms with van der Waals surface area (Å²) in [4.78, 5) is 19.5. The summed E-state index contributed by atoms with van der Waals surface area (Å²) < 4.78 is 29.0. The van der Waals surface area contributed by atoms with Crippen LogP contribution in [0.3, 0.4) is 0 Å². The van der Waals surface area contributed by atoms with E-state index in [0.717, 1.165) is 25.2 Å². The molecule has 1 saturated heterocycles. The minimum absolute atomic E-state index is 0.0366. The fourth-order valence-electron chi connectivity index (χ4n) is 3.45. The van der Waals surface area contributed by atoms with Gasteiger partial charge in [0.05, 0.1) is 32.0 Å². The Labute approximate surface area is 178 Å². The number of nitrogens with one attached hydrogen (secondary N) is 1. The van der Waals surface area contributed by atoms with Crippen molar-refractivity contribution >= 4 is 11.6 Å². The smallest absolute Gasteiger partial charge is 0.270 e. The predicted octanol–water partition coefficient (Wildman–Crippen LogP) is 2.84. The van der Waals surface area contributed by atoms with Crippen molar-refractivity contribution in [3.05, 3.63) is 17.8 Å². The van der Waals surface area contributed by atoms with Gasteiger partial charge in [0.25, 0.3) is 5.91 Å². The minimum atomic E-state index is -0.534. The van der Waals surface area contributed by atoms with Crippen LogP contribution in [0, 0.1) is 11.8 Å². The average Bonchev–Trinajstić information content (AvgIpc) is 3.50. The first kappa shape index (κ1) is 22.7. The van der Waals surface area contributed by atoms with E-state index in [1.54, 1.807) is 13.2 Å². The molecule has 1 aromatic rings. The first-order chi connectivity index (χ1) is 14.5. The lowest BCUT2D eigenvalue weighted by molar-refractivity contribution is 0.0766. The Hall–Kier alpha value is -1.93. The largest absolute Gasteiger partial charge is 0.476 e. The molecule has 2 fully saturated rings. The Morgan fingerprint density at radius 2 is 2.10 bits per heavy atom. The molecule has 0 radical (unpaired) electrons. The van der Waals surface area contributed by atoms with Crippen molar-refractivity contribution in [3.63, 3.8) is 0 Å². The van der Waals surface area contributed by atoms with E-state index in [4.69, 9.17) is 14.2 Å². The number of alkyl halides is 1. The molecule has 1 amide bonds. The van der Waals surface area contributed by atoms with Crippen molar-refractivity contribution in [2.45, 2.75) is 45.3 Å². The maximum atomic E-state index is 12.8. The second kappa shape index (κ2) is 10.9. The molecule has 8 heteroatoms. The number of hydrogen-bond acceptors (Lipinski definition) is 6. The van der Waals surface area contributed by atoms with E-state index in [1.807, 2.05) is 6.07 Å². The van der Waals surface area contributed by atoms with Gasteiger partial charge < -0.3 is 24.4 Å². The van der Waals surface area contributed by atoms with Gasteiger partial charge in [0.15, 0.2) is 0 Å². The van der Waals surface area contributed by atoms with Crippen molar-refractivity contribution < 1.29 is 23.4 Å². The van der Waals surface area contributed by atoms with Gasteiger partial charge in [-0.15, -0.1) is 0 Å². The molecule has 1 aromatic heterocycles. The summed E-state index contributed by atoms with van der Waals surface area (Å²) in [5.74, 6) is 1.18. The monoisotopic (exact) mass is 423 g/mol. The van der Waals surface area contributed by atoms with Crippen molar-refractivity contribution in [3.8, 4) is 5.88 Å². The molecule has 168 valence electrons. The molecule has 1 N–H and O–H groups in total. The van der Waals surface area contributed by atoms with Crippen LogP contribution in [-0.2, 0) is 9.47 Å². The molecular formula is C22H34FN3O4. The van der Waals surface area contributed by atoms with E-state index in [2.05, 4.69) is 29.0 Å². The molecule has 3 rings (SSSR count). The first-order valence-corrected chi connectivity index (χ1v) is 10.9. The zero-order valence-electron chi connectivity index (χ0n) is 18.2. The fourth-order valence-corrected chi connectivity index (χ4v) is 3.45. The first-order valence-electron chi connectivity index (χ1n) is 10.9. The summed E-state index contributed by atoms with van der Waals surface area (Å²) in [7, 11) is 1.71. The Bertz CT molecular complexity index is 693. The number of halogens is 1. The number of ether oxygens (including phenoxy) is 3. The highest BCUT2D eigenvalue weighted by molar-refractivity contribution is 5.93. The Balaban J connectivity index is 1.68. The van der Waals surface area contributed by atoms with Crippen molar-refractivity contribution in [2.75, 3.05) is 51.6 Å². The lowest BCUT2D eigenvalue weighted by atomic mass is 10.0. The van der Waals surface area contributed by atoms with Gasteiger partial charge in [-0.2, -0.15) is 0 Å². The standard InChI is InChI=1S/C22H34FN3O4/c1-15(2)10-17(14-29-9-8-23)24-21(27)19-6-7-20(26-11-18(12-26)28-3)22(25-19)30-13-16-4-5-16/h6-7,15-18H,4-5,8-14H2,1-3H3,(H,24,27)/t17-/m0/s1. The lowest BCUT2D eigenvalue weighted by Gasteiger charge is -2.40. The van der Waals surface area contributed by atoms with Gasteiger partial charge in [-0.3, -0.25) is 4.79 Å². The second-order valence-electron chi connectivity index (χ2n) is 8.60. The molecule has 7 nitrogen and oxygen atoms in total. The molecule has 0 bridgehead atoms. The van der Waals surface area contributed by atoms with Crippen LogP contribution in [0.2, 0.25) is 0 Å². The van der Waals surface area contributed by atoms with Crippen molar-refractivity contribution in [1.82, 2.24) is 10.3 Å². The molecular weight excluding hydrogens is 389 g/mol. The fraction of sp³-hybridized carbons (Fsp3) is 0.727. The van der Waals surface area contributed by atoms with E-state index in [9.17, 15) is 9.18 Å². The van der Waals surface area contributed by atoms with Crippen LogP contribution in [0.4, 0.5) is 10.1 Å². The number of carbonyl (C=O) groups is 1. The van der Waals surface area contributed by atoms with Crippen molar-refractivity contribution in [2.24, 2.45) is 11.8 Å². The van der Waals surface area contributed by atoms with Gasteiger partial charge in [0, 0.05) is 20.2 Å². The van der Waals surface area contributed by atoms with Gasteiger partial charge in [0.1, 0.15) is 18.1 Å². The molecule has 0 spiro atoms. The number of amides is 1. The third kappa shape index (κ3) is 6.54. The zero-order chi connectivity index (χ0) is 21.5. The quantitative estimate of drug-likeness (QED) is 0.492. The highest BCUT2D eigenvalue weighted by atomic mass is 19.1. The molecule has 0 aromatic carbocycles.